The van der Waals surface area contributed by atoms with Crippen molar-refractivity contribution >= 4 is 21.8 Å². The van der Waals surface area contributed by atoms with Gasteiger partial charge in [0.15, 0.2) is 0 Å². The molecule has 0 atom stereocenters. The molecule has 1 heterocycles. The fourth-order valence-electron chi connectivity index (χ4n) is 2.33. The van der Waals surface area contributed by atoms with Crippen molar-refractivity contribution in [1.82, 2.24) is 9.99 Å². The highest BCUT2D eigenvalue weighted by Gasteiger charge is 2.09. The Labute approximate surface area is 153 Å². The summed E-state index contributed by atoms with van der Waals surface area (Å²) in [6.07, 6.45) is 3.36. The third kappa shape index (κ3) is 3.97. The van der Waals surface area contributed by atoms with E-state index in [4.69, 9.17) is 4.42 Å². The second-order valence-electron chi connectivity index (χ2n) is 5.23. The molecule has 1 aromatic heterocycles. The molecule has 0 saturated heterocycles. The molecule has 0 aliphatic carbocycles. The van der Waals surface area contributed by atoms with Gasteiger partial charge in [0.05, 0.1) is 5.69 Å². The van der Waals surface area contributed by atoms with Crippen LogP contribution in [-0.2, 0) is 6.54 Å². The van der Waals surface area contributed by atoms with Crippen molar-refractivity contribution < 1.29 is 9.21 Å². The Morgan fingerprint density at radius 3 is 2.60 bits per heavy atom. The Bertz CT molecular complexity index is 941. The van der Waals surface area contributed by atoms with E-state index in [0.717, 1.165) is 15.7 Å². The van der Waals surface area contributed by atoms with Crippen molar-refractivity contribution in [3.63, 3.8) is 0 Å². The summed E-state index contributed by atoms with van der Waals surface area (Å²) in [5.74, 6) is -0.310. The Kier molecular flexibility index (Phi) is 5.30. The molecule has 1 amide bonds. The Balaban J connectivity index is 1.90. The van der Waals surface area contributed by atoms with E-state index in [0.29, 0.717) is 17.8 Å². The molecule has 0 fully saturated rings. The number of nitrogens with one attached hydrogen (secondary N) is 1. The SMILES string of the molecule is C=CCn1c(-c2ccccc2)co/c1=N/NC(=O)c1ccc(Br)cc1. The molecule has 0 aliphatic heterocycles. The maximum absolute atomic E-state index is 12.2. The molecule has 0 radical (unpaired) electrons. The lowest BCUT2D eigenvalue weighted by molar-refractivity contribution is 0.0950. The number of rotatable bonds is 5. The minimum Gasteiger partial charge on any atom is -0.430 e. The highest BCUT2D eigenvalue weighted by Crippen LogP contribution is 2.17. The van der Waals surface area contributed by atoms with Gasteiger partial charge in [0.1, 0.15) is 6.26 Å². The summed E-state index contributed by atoms with van der Waals surface area (Å²) in [7, 11) is 0. The lowest BCUT2D eigenvalue weighted by Crippen LogP contribution is -2.25. The molecule has 0 unspecified atom stereocenters. The number of halogens is 1. The first-order chi connectivity index (χ1) is 12.2. The van der Waals surface area contributed by atoms with Crippen LogP contribution in [0.3, 0.4) is 0 Å². The van der Waals surface area contributed by atoms with E-state index in [-0.39, 0.29) is 5.91 Å². The zero-order chi connectivity index (χ0) is 17.6. The van der Waals surface area contributed by atoms with Gasteiger partial charge in [-0.2, -0.15) is 0 Å². The first-order valence-corrected chi connectivity index (χ1v) is 8.42. The second kappa shape index (κ2) is 7.81. The van der Waals surface area contributed by atoms with Gasteiger partial charge >= 0.3 is 5.68 Å². The fraction of sp³-hybridized carbons (Fsp3) is 0.0526. The molecule has 5 nitrogen and oxygen atoms in total. The smallest absolute Gasteiger partial charge is 0.319 e. The molecule has 6 heteroatoms. The molecule has 1 N–H and O–H groups in total. The molecule has 0 saturated carbocycles. The molecular weight excluding hydrogens is 382 g/mol. The van der Waals surface area contributed by atoms with Crippen molar-refractivity contribution in [2.45, 2.75) is 6.54 Å². The van der Waals surface area contributed by atoms with Crippen molar-refractivity contribution in [3.8, 4) is 11.3 Å². The standard InChI is InChI=1S/C19H16BrN3O2/c1-2-12-23-17(14-6-4-3-5-7-14)13-25-19(23)22-21-18(24)15-8-10-16(20)11-9-15/h2-11,13H,1,12H2,(H,21,24)/b22-19+. The van der Waals surface area contributed by atoms with E-state index in [2.05, 4.69) is 33.0 Å². The van der Waals surface area contributed by atoms with E-state index >= 15 is 0 Å². The number of allylic oxidation sites excluding steroid dienone is 1. The molecule has 0 aliphatic rings. The second-order valence-corrected chi connectivity index (χ2v) is 6.14. The van der Waals surface area contributed by atoms with Crippen LogP contribution in [0.25, 0.3) is 11.3 Å². The van der Waals surface area contributed by atoms with Gasteiger partial charge in [0.2, 0.25) is 0 Å². The quantitative estimate of drug-likeness (QED) is 0.523. The highest BCUT2D eigenvalue weighted by molar-refractivity contribution is 9.10. The number of carbonyl (C=O) groups excluding carboxylic acids is 1. The number of benzene rings is 2. The highest BCUT2D eigenvalue weighted by atomic mass is 79.9. The van der Waals surface area contributed by atoms with E-state index in [1.807, 2.05) is 34.9 Å². The van der Waals surface area contributed by atoms with Crippen LogP contribution in [0.5, 0.6) is 0 Å². The predicted molar refractivity (Wildman–Crippen MR) is 99.5 cm³/mol. The average molecular weight is 398 g/mol. The van der Waals surface area contributed by atoms with E-state index < -0.39 is 0 Å². The van der Waals surface area contributed by atoms with Crippen molar-refractivity contribution in [2.75, 3.05) is 0 Å². The van der Waals surface area contributed by atoms with E-state index in [1.54, 1.807) is 36.6 Å². The number of amides is 1. The van der Waals surface area contributed by atoms with Gasteiger partial charge in [0, 0.05) is 22.1 Å². The largest absolute Gasteiger partial charge is 0.430 e. The minimum atomic E-state index is -0.310. The molecule has 3 rings (SSSR count). The summed E-state index contributed by atoms with van der Waals surface area (Å²) >= 11 is 3.34. The number of oxazole rings is 1. The van der Waals surface area contributed by atoms with Crippen LogP contribution < -0.4 is 11.1 Å². The summed E-state index contributed by atoms with van der Waals surface area (Å²) in [6.45, 7) is 4.27. The van der Waals surface area contributed by atoms with Crippen LogP contribution >= 0.6 is 15.9 Å². The van der Waals surface area contributed by atoms with Gasteiger partial charge in [-0.1, -0.05) is 52.3 Å². The molecule has 3 aromatic rings. The van der Waals surface area contributed by atoms with Crippen molar-refractivity contribution in [2.24, 2.45) is 5.10 Å². The van der Waals surface area contributed by atoms with Gasteiger partial charge in [-0.3, -0.25) is 9.36 Å². The average Bonchev–Trinajstić information content (AvgIpc) is 3.04. The van der Waals surface area contributed by atoms with Crippen LogP contribution in [0.1, 0.15) is 10.4 Å². The zero-order valence-electron chi connectivity index (χ0n) is 13.4. The number of hydrogen-bond acceptors (Lipinski definition) is 3. The number of hydrogen-bond donors (Lipinski definition) is 1. The van der Waals surface area contributed by atoms with Crippen LogP contribution in [0.15, 0.2) is 87.5 Å². The Morgan fingerprint density at radius 2 is 1.92 bits per heavy atom. The summed E-state index contributed by atoms with van der Waals surface area (Å²) in [6, 6.07) is 16.8. The summed E-state index contributed by atoms with van der Waals surface area (Å²) in [4.78, 5) is 12.2. The number of aromatic nitrogens is 1. The van der Waals surface area contributed by atoms with Crippen molar-refractivity contribution in [1.29, 1.82) is 0 Å². The third-order valence-corrected chi connectivity index (χ3v) is 4.07. The monoisotopic (exact) mass is 397 g/mol. The number of carbonyl (C=O) groups is 1. The lowest BCUT2D eigenvalue weighted by atomic mass is 10.2. The van der Waals surface area contributed by atoms with Gasteiger partial charge in [0.25, 0.3) is 5.91 Å². The molecule has 0 spiro atoms. The Morgan fingerprint density at radius 1 is 1.20 bits per heavy atom. The minimum absolute atomic E-state index is 0.296. The lowest BCUT2D eigenvalue weighted by Gasteiger charge is -2.04. The van der Waals surface area contributed by atoms with Crippen LogP contribution in [-0.4, -0.2) is 10.5 Å². The Hall–Kier alpha value is -2.86. The summed E-state index contributed by atoms with van der Waals surface area (Å²) in [5.41, 5.74) is 5.18. The van der Waals surface area contributed by atoms with Crippen LogP contribution in [0, 0.1) is 0 Å². The first-order valence-electron chi connectivity index (χ1n) is 7.63. The molecular formula is C19H16BrN3O2. The first kappa shape index (κ1) is 17.0. The van der Waals surface area contributed by atoms with Gasteiger partial charge < -0.3 is 4.42 Å². The van der Waals surface area contributed by atoms with Gasteiger partial charge in [-0.25, -0.2) is 5.43 Å². The number of nitrogens with zero attached hydrogens (tertiary/aromatic N) is 2. The zero-order valence-corrected chi connectivity index (χ0v) is 14.9. The van der Waals surface area contributed by atoms with Crippen LogP contribution in [0.4, 0.5) is 0 Å². The van der Waals surface area contributed by atoms with E-state index in [9.17, 15) is 4.79 Å². The normalized spacial score (nSPS) is 11.3. The van der Waals surface area contributed by atoms with Crippen LogP contribution in [0.2, 0.25) is 0 Å². The topological polar surface area (TPSA) is 59.5 Å². The summed E-state index contributed by atoms with van der Waals surface area (Å²) in [5, 5.41) is 4.11. The fourth-order valence-corrected chi connectivity index (χ4v) is 2.59. The maximum Gasteiger partial charge on any atom is 0.319 e. The maximum atomic E-state index is 12.2. The summed E-state index contributed by atoms with van der Waals surface area (Å²) < 4.78 is 8.28. The molecule has 25 heavy (non-hydrogen) atoms. The molecule has 2 aromatic carbocycles. The van der Waals surface area contributed by atoms with E-state index in [1.165, 1.54) is 0 Å². The van der Waals surface area contributed by atoms with Gasteiger partial charge in [-0.15, -0.1) is 11.7 Å². The predicted octanol–water partition coefficient (Wildman–Crippen LogP) is 3.94. The molecule has 126 valence electrons. The molecule has 0 bridgehead atoms. The third-order valence-electron chi connectivity index (χ3n) is 3.54. The van der Waals surface area contributed by atoms with Crippen molar-refractivity contribution in [3.05, 3.63) is 89.2 Å². The van der Waals surface area contributed by atoms with Gasteiger partial charge in [-0.05, 0) is 24.3 Å².